The second-order valence-electron chi connectivity index (χ2n) is 6.85. The quantitative estimate of drug-likeness (QED) is 0.237. The molecule has 0 aliphatic rings. The van der Waals surface area contributed by atoms with Gasteiger partial charge in [-0.15, -0.1) is 0 Å². The molecule has 0 saturated heterocycles. The molecule has 1 unspecified atom stereocenters. The lowest BCUT2D eigenvalue weighted by Gasteiger charge is -2.03. The van der Waals surface area contributed by atoms with Crippen LogP contribution < -0.4 is 0 Å². The molecule has 0 fully saturated rings. The average Bonchev–Trinajstić information content (AvgIpc) is 2.60. The number of aliphatic hydroxyl groups is 1. The van der Waals surface area contributed by atoms with Crippen molar-refractivity contribution in [3.8, 4) is 0 Å². The van der Waals surface area contributed by atoms with Gasteiger partial charge in [0.25, 0.3) is 0 Å². The van der Waals surface area contributed by atoms with E-state index >= 15 is 0 Å². The third kappa shape index (κ3) is 19.3. The molecule has 0 spiro atoms. The summed E-state index contributed by atoms with van der Waals surface area (Å²) < 4.78 is 5.48. The number of unbranched alkanes of at least 4 members (excludes halogenated alkanes) is 11. The Bertz CT molecular complexity index is 315. The number of ether oxygens (including phenoxy) is 1. The monoisotopic (exact) mass is 356 g/mol. The predicted molar refractivity (Wildman–Crippen MR) is 104 cm³/mol. The van der Waals surface area contributed by atoms with Crippen molar-refractivity contribution in [1.82, 2.24) is 0 Å². The molecule has 1 atom stereocenters. The number of carbonyl (C=O) groups is 1. The summed E-state index contributed by atoms with van der Waals surface area (Å²) in [5.41, 5.74) is 0. The smallest absolute Gasteiger partial charge is 0.332 e. The van der Waals surface area contributed by atoms with Gasteiger partial charge in [0.2, 0.25) is 0 Å². The number of hydrogen-bond donors (Lipinski definition) is 2. The lowest BCUT2D eigenvalue weighted by Crippen LogP contribution is -2.17. The molecule has 148 valence electrons. The van der Waals surface area contributed by atoms with E-state index < -0.39 is 12.1 Å². The van der Waals surface area contributed by atoms with Crippen molar-refractivity contribution in [2.24, 2.45) is 0 Å². The minimum Gasteiger partial charge on any atom is -0.479 e. The molecule has 0 aromatic heterocycles. The third-order valence-corrected chi connectivity index (χ3v) is 4.32. The summed E-state index contributed by atoms with van der Waals surface area (Å²) in [6, 6.07) is 0. The van der Waals surface area contributed by atoms with E-state index in [2.05, 4.69) is 6.92 Å². The molecular formula is C21H40O4. The Hall–Kier alpha value is -0.870. The lowest BCUT2D eigenvalue weighted by molar-refractivity contribution is -0.146. The van der Waals surface area contributed by atoms with Crippen LogP contribution in [0.25, 0.3) is 0 Å². The van der Waals surface area contributed by atoms with E-state index in [0.29, 0.717) is 0 Å². The van der Waals surface area contributed by atoms with Gasteiger partial charge in [0.05, 0.1) is 0 Å². The summed E-state index contributed by atoms with van der Waals surface area (Å²) in [6.07, 6.45) is 19.1. The fraction of sp³-hybridized carbons (Fsp3) is 0.857. The van der Waals surface area contributed by atoms with Crippen LogP contribution in [0.4, 0.5) is 0 Å². The number of rotatable bonds is 19. The number of allylic oxidation sites excluding steroid dienone is 1. The molecular weight excluding hydrogens is 316 g/mol. The van der Waals surface area contributed by atoms with E-state index in [1.54, 1.807) is 6.08 Å². The number of aliphatic hydroxyl groups excluding tert-OH is 1. The first kappa shape index (κ1) is 24.1. The maximum absolute atomic E-state index is 10.4. The van der Waals surface area contributed by atoms with Gasteiger partial charge >= 0.3 is 5.97 Å². The van der Waals surface area contributed by atoms with Gasteiger partial charge in [-0.05, 0) is 25.7 Å². The van der Waals surface area contributed by atoms with Gasteiger partial charge < -0.3 is 14.9 Å². The first-order chi connectivity index (χ1) is 12.2. The molecule has 0 aromatic rings. The van der Waals surface area contributed by atoms with E-state index in [1.165, 1.54) is 64.2 Å². The van der Waals surface area contributed by atoms with Gasteiger partial charge in [-0.25, -0.2) is 4.79 Å². The summed E-state index contributed by atoms with van der Waals surface area (Å²) in [7, 11) is 0. The molecule has 2 N–H and O–H groups in total. The Labute approximate surface area is 154 Å². The van der Waals surface area contributed by atoms with Crippen LogP contribution in [0.5, 0.6) is 0 Å². The van der Waals surface area contributed by atoms with Crippen LogP contribution >= 0.6 is 0 Å². The second kappa shape index (κ2) is 19.5. The fourth-order valence-electron chi connectivity index (χ4n) is 2.75. The molecule has 0 amide bonds. The van der Waals surface area contributed by atoms with Gasteiger partial charge in [0, 0.05) is 19.6 Å². The molecule has 0 bridgehead atoms. The number of hydrogen-bond acceptors (Lipinski definition) is 3. The van der Waals surface area contributed by atoms with E-state index in [9.17, 15) is 4.79 Å². The van der Waals surface area contributed by atoms with Crippen LogP contribution in [0.3, 0.4) is 0 Å². The summed E-state index contributed by atoms with van der Waals surface area (Å²) in [5.74, 6) is -1.15. The molecule has 0 saturated carbocycles. The minimum absolute atomic E-state index is 0.209. The molecule has 4 heteroatoms. The zero-order valence-corrected chi connectivity index (χ0v) is 16.3. The van der Waals surface area contributed by atoms with E-state index in [4.69, 9.17) is 14.9 Å². The Morgan fingerprint density at radius 3 is 1.88 bits per heavy atom. The maximum atomic E-state index is 10.4. The zero-order valence-electron chi connectivity index (χ0n) is 16.3. The highest BCUT2D eigenvalue weighted by atomic mass is 16.5. The summed E-state index contributed by atoms with van der Waals surface area (Å²) >= 11 is 0. The SMILES string of the molecule is CCCOCCCCCCCCCCCCCC=CCC(O)C(=O)O. The van der Waals surface area contributed by atoms with Gasteiger partial charge in [-0.1, -0.05) is 76.9 Å². The van der Waals surface area contributed by atoms with Crippen LogP contribution in [-0.2, 0) is 9.53 Å². The van der Waals surface area contributed by atoms with Gasteiger partial charge in [0.15, 0.2) is 6.10 Å². The first-order valence-corrected chi connectivity index (χ1v) is 10.3. The number of carboxylic acids is 1. The number of aliphatic carboxylic acids is 1. The zero-order chi connectivity index (χ0) is 18.6. The van der Waals surface area contributed by atoms with Crippen molar-refractivity contribution in [1.29, 1.82) is 0 Å². The van der Waals surface area contributed by atoms with Crippen LogP contribution in [0.2, 0.25) is 0 Å². The molecule has 0 radical (unpaired) electrons. The van der Waals surface area contributed by atoms with Crippen molar-refractivity contribution < 1.29 is 19.7 Å². The van der Waals surface area contributed by atoms with Gasteiger partial charge in [-0.2, -0.15) is 0 Å². The average molecular weight is 357 g/mol. The fourth-order valence-corrected chi connectivity index (χ4v) is 2.75. The highest BCUT2D eigenvalue weighted by Gasteiger charge is 2.09. The first-order valence-electron chi connectivity index (χ1n) is 10.3. The van der Waals surface area contributed by atoms with Crippen molar-refractivity contribution in [3.63, 3.8) is 0 Å². The molecule has 0 aromatic carbocycles. The second-order valence-corrected chi connectivity index (χ2v) is 6.85. The van der Waals surface area contributed by atoms with Crippen molar-refractivity contribution in [2.45, 2.75) is 103 Å². The Balaban J connectivity index is 3.12. The summed E-state index contributed by atoms with van der Waals surface area (Å²) in [5, 5.41) is 17.6. The van der Waals surface area contributed by atoms with Gasteiger partial charge in [0.1, 0.15) is 0 Å². The van der Waals surface area contributed by atoms with E-state index in [0.717, 1.165) is 32.5 Å². The Morgan fingerprint density at radius 2 is 1.36 bits per heavy atom. The Morgan fingerprint density at radius 1 is 0.840 bits per heavy atom. The topological polar surface area (TPSA) is 66.8 Å². The molecule has 0 aliphatic heterocycles. The Kier molecular flexibility index (Phi) is 18.8. The van der Waals surface area contributed by atoms with Gasteiger partial charge in [-0.3, -0.25) is 0 Å². The summed E-state index contributed by atoms with van der Waals surface area (Å²) in [4.78, 5) is 10.4. The maximum Gasteiger partial charge on any atom is 0.332 e. The summed E-state index contributed by atoms with van der Waals surface area (Å²) in [6.45, 7) is 3.99. The largest absolute Gasteiger partial charge is 0.479 e. The van der Waals surface area contributed by atoms with Crippen LogP contribution in [0.15, 0.2) is 12.2 Å². The molecule has 0 rings (SSSR count). The van der Waals surface area contributed by atoms with Crippen molar-refractivity contribution in [3.05, 3.63) is 12.2 Å². The highest BCUT2D eigenvalue weighted by molar-refractivity contribution is 5.72. The van der Waals surface area contributed by atoms with Crippen LogP contribution in [0.1, 0.15) is 96.8 Å². The molecule has 0 aliphatic carbocycles. The van der Waals surface area contributed by atoms with Crippen LogP contribution in [0, 0.1) is 0 Å². The number of carboxylic acid groups (broad SMARTS) is 1. The highest BCUT2D eigenvalue weighted by Crippen LogP contribution is 2.12. The minimum atomic E-state index is -1.26. The standard InChI is InChI=1S/C21H40O4/c1-2-18-25-19-16-14-12-10-8-6-4-3-5-7-9-11-13-15-17-20(22)21(23)24/h13,15,20,22H,2-12,14,16-19H2,1H3,(H,23,24). The molecule has 0 heterocycles. The molecule has 25 heavy (non-hydrogen) atoms. The van der Waals surface area contributed by atoms with Crippen LogP contribution in [-0.4, -0.2) is 35.5 Å². The third-order valence-electron chi connectivity index (χ3n) is 4.32. The predicted octanol–water partition coefficient (Wildman–Crippen LogP) is 5.49. The molecule has 4 nitrogen and oxygen atoms in total. The van der Waals surface area contributed by atoms with Crippen molar-refractivity contribution >= 4 is 5.97 Å². The van der Waals surface area contributed by atoms with E-state index in [-0.39, 0.29) is 6.42 Å². The normalized spacial score (nSPS) is 12.7. The van der Waals surface area contributed by atoms with E-state index in [1.807, 2.05) is 6.08 Å². The van der Waals surface area contributed by atoms with Crippen molar-refractivity contribution in [2.75, 3.05) is 13.2 Å². The lowest BCUT2D eigenvalue weighted by atomic mass is 10.1.